The number of hydrogen-bond donors (Lipinski definition) is 1. The molecule has 0 amide bonds. The van der Waals surface area contributed by atoms with Crippen LogP contribution in [0.4, 0.5) is 0 Å². The van der Waals surface area contributed by atoms with Crippen LogP contribution in [0.5, 0.6) is 5.75 Å². The fraction of sp³-hybridized carbons (Fsp3) is 0.577. The standard InChI is InChI=1S/C26H33BrO3/c1-16(2)9-12-26(4)22-8-6-18(15-25(22,3)11-10-23(26)27)21-14-19-13-17(24(28)29)5-7-20(19)30-21/h5-7,9,13,21-23H,8,10-12,14-15H2,1-4H3,(H,28,29)/t21-,22+,23-,25+,26-/m0/s1. The van der Waals surface area contributed by atoms with Crippen LogP contribution in [0.2, 0.25) is 0 Å². The molecular formula is C26H33BrO3. The van der Waals surface area contributed by atoms with Crippen molar-refractivity contribution in [3.63, 3.8) is 0 Å². The molecule has 0 spiro atoms. The molecule has 3 nitrogen and oxygen atoms in total. The lowest BCUT2D eigenvalue weighted by Crippen LogP contribution is -2.51. The van der Waals surface area contributed by atoms with Gasteiger partial charge in [0, 0.05) is 11.2 Å². The van der Waals surface area contributed by atoms with Crippen molar-refractivity contribution in [2.45, 2.75) is 77.2 Å². The molecule has 1 heterocycles. The molecule has 1 saturated carbocycles. The average molecular weight is 473 g/mol. The van der Waals surface area contributed by atoms with Gasteiger partial charge < -0.3 is 9.84 Å². The molecule has 30 heavy (non-hydrogen) atoms. The van der Waals surface area contributed by atoms with Crippen LogP contribution in [-0.2, 0) is 6.42 Å². The SMILES string of the molecule is CC(C)=CC[C@@]1(C)[C@@H]2CC=C([C@@H]3Cc4cc(C(=O)O)ccc4O3)C[C@@]2(C)CC[C@@H]1Br. The lowest BCUT2D eigenvalue weighted by Gasteiger charge is -2.57. The van der Waals surface area contributed by atoms with Gasteiger partial charge in [-0.25, -0.2) is 4.79 Å². The summed E-state index contributed by atoms with van der Waals surface area (Å²) in [6.07, 6.45) is 11.4. The van der Waals surface area contributed by atoms with E-state index in [9.17, 15) is 9.90 Å². The van der Waals surface area contributed by atoms with Gasteiger partial charge in [0.15, 0.2) is 0 Å². The second kappa shape index (κ2) is 7.85. The molecule has 1 N–H and O–H groups in total. The number of carboxylic acids is 1. The van der Waals surface area contributed by atoms with E-state index in [-0.39, 0.29) is 16.9 Å². The first kappa shape index (κ1) is 21.7. The number of ether oxygens (including phenoxy) is 1. The molecule has 0 unspecified atom stereocenters. The lowest BCUT2D eigenvalue weighted by molar-refractivity contribution is -0.00935. The van der Waals surface area contributed by atoms with Crippen LogP contribution >= 0.6 is 15.9 Å². The number of fused-ring (bicyclic) bond motifs is 2. The molecule has 5 atom stereocenters. The summed E-state index contributed by atoms with van der Waals surface area (Å²) >= 11 is 4.04. The van der Waals surface area contributed by atoms with Crippen LogP contribution in [0.1, 0.15) is 75.7 Å². The van der Waals surface area contributed by atoms with Gasteiger partial charge in [0.1, 0.15) is 11.9 Å². The fourth-order valence-corrected chi connectivity index (χ4v) is 6.81. The molecule has 1 aromatic rings. The molecule has 162 valence electrons. The number of carbonyl (C=O) groups is 1. The van der Waals surface area contributed by atoms with Gasteiger partial charge in [0.05, 0.1) is 5.56 Å². The molecule has 3 aliphatic rings. The maximum absolute atomic E-state index is 11.3. The second-order valence-electron chi connectivity index (χ2n) is 10.3. The van der Waals surface area contributed by atoms with Gasteiger partial charge in [-0.2, -0.15) is 0 Å². The molecule has 0 saturated heterocycles. The Hall–Kier alpha value is -1.55. The first-order valence-corrected chi connectivity index (χ1v) is 12.0. The number of aromatic carboxylic acids is 1. The highest BCUT2D eigenvalue weighted by atomic mass is 79.9. The van der Waals surface area contributed by atoms with E-state index in [0.717, 1.165) is 37.0 Å². The molecule has 0 aromatic heterocycles. The van der Waals surface area contributed by atoms with Gasteiger partial charge in [-0.15, -0.1) is 0 Å². The van der Waals surface area contributed by atoms with Crippen LogP contribution < -0.4 is 4.74 Å². The van der Waals surface area contributed by atoms with Crippen molar-refractivity contribution in [2.24, 2.45) is 16.7 Å². The molecule has 1 aromatic carbocycles. The Balaban J connectivity index is 1.56. The normalized spacial score (nSPS) is 35.0. The average Bonchev–Trinajstić information content (AvgIpc) is 3.12. The zero-order chi connectivity index (χ0) is 21.7. The Bertz CT molecular complexity index is 913. The van der Waals surface area contributed by atoms with E-state index in [1.54, 1.807) is 12.1 Å². The number of carboxylic acid groups (broad SMARTS) is 1. The predicted octanol–water partition coefficient (Wildman–Crippen LogP) is 6.95. The highest BCUT2D eigenvalue weighted by Crippen LogP contribution is 2.61. The van der Waals surface area contributed by atoms with Crippen molar-refractivity contribution in [3.8, 4) is 5.75 Å². The molecular weight excluding hydrogens is 440 g/mol. The van der Waals surface area contributed by atoms with E-state index in [4.69, 9.17) is 4.74 Å². The summed E-state index contributed by atoms with van der Waals surface area (Å²) in [5.74, 6) is 0.608. The number of halogens is 1. The van der Waals surface area contributed by atoms with Crippen LogP contribution in [0, 0.1) is 16.7 Å². The van der Waals surface area contributed by atoms with Crippen molar-refractivity contribution in [2.75, 3.05) is 0 Å². The Morgan fingerprint density at radius 3 is 2.80 bits per heavy atom. The monoisotopic (exact) mass is 472 g/mol. The Kier molecular flexibility index (Phi) is 5.67. The van der Waals surface area contributed by atoms with Crippen molar-refractivity contribution < 1.29 is 14.6 Å². The zero-order valence-corrected chi connectivity index (χ0v) is 20.1. The summed E-state index contributed by atoms with van der Waals surface area (Å²) in [6.45, 7) is 9.34. The summed E-state index contributed by atoms with van der Waals surface area (Å²) < 4.78 is 6.28. The van der Waals surface area contributed by atoms with Crippen molar-refractivity contribution in [3.05, 3.63) is 52.6 Å². The highest BCUT2D eigenvalue weighted by Gasteiger charge is 2.53. The molecule has 0 bridgehead atoms. The molecule has 4 heteroatoms. The Labute approximate surface area is 188 Å². The summed E-state index contributed by atoms with van der Waals surface area (Å²) in [5.41, 5.74) is 4.69. The van der Waals surface area contributed by atoms with Crippen molar-refractivity contribution >= 4 is 21.9 Å². The van der Waals surface area contributed by atoms with Gasteiger partial charge in [-0.05, 0) is 92.0 Å². The minimum atomic E-state index is -0.879. The smallest absolute Gasteiger partial charge is 0.335 e. The fourth-order valence-electron chi connectivity index (χ4n) is 6.08. The third kappa shape index (κ3) is 3.77. The number of hydrogen-bond acceptors (Lipinski definition) is 2. The maximum atomic E-state index is 11.3. The van der Waals surface area contributed by atoms with Crippen molar-refractivity contribution in [1.29, 1.82) is 0 Å². The molecule has 1 aliphatic heterocycles. The Morgan fingerprint density at radius 1 is 1.33 bits per heavy atom. The van der Waals surface area contributed by atoms with Crippen LogP contribution in [0.3, 0.4) is 0 Å². The number of allylic oxidation sites excluding steroid dienone is 3. The van der Waals surface area contributed by atoms with Gasteiger partial charge in [0.2, 0.25) is 0 Å². The number of rotatable bonds is 4. The summed E-state index contributed by atoms with van der Waals surface area (Å²) in [4.78, 5) is 11.9. The van der Waals surface area contributed by atoms with Crippen molar-refractivity contribution in [1.82, 2.24) is 0 Å². The third-order valence-corrected chi connectivity index (χ3v) is 9.39. The molecule has 0 radical (unpaired) electrons. The van der Waals surface area contributed by atoms with Gasteiger partial charge in [-0.1, -0.05) is 47.5 Å². The molecule has 1 fully saturated rings. The molecule has 2 aliphatic carbocycles. The van der Waals surface area contributed by atoms with Gasteiger partial charge in [0.25, 0.3) is 0 Å². The van der Waals surface area contributed by atoms with Gasteiger partial charge in [-0.3, -0.25) is 0 Å². The second-order valence-corrected chi connectivity index (χ2v) is 11.4. The van der Waals surface area contributed by atoms with E-state index in [0.29, 0.717) is 16.3 Å². The predicted molar refractivity (Wildman–Crippen MR) is 125 cm³/mol. The molecule has 4 rings (SSSR count). The first-order valence-electron chi connectivity index (χ1n) is 11.1. The van der Waals surface area contributed by atoms with Crippen LogP contribution in [-0.4, -0.2) is 22.0 Å². The zero-order valence-electron chi connectivity index (χ0n) is 18.5. The summed E-state index contributed by atoms with van der Waals surface area (Å²) in [5, 5.41) is 9.28. The largest absolute Gasteiger partial charge is 0.485 e. The van der Waals surface area contributed by atoms with E-state index in [1.807, 2.05) is 6.07 Å². The topological polar surface area (TPSA) is 46.5 Å². The van der Waals surface area contributed by atoms with E-state index < -0.39 is 5.97 Å². The first-order chi connectivity index (χ1) is 14.1. The quantitative estimate of drug-likeness (QED) is 0.380. The highest BCUT2D eigenvalue weighted by molar-refractivity contribution is 9.09. The Morgan fingerprint density at radius 2 is 2.10 bits per heavy atom. The van der Waals surface area contributed by atoms with Crippen LogP contribution in [0.25, 0.3) is 0 Å². The third-order valence-electron chi connectivity index (χ3n) is 7.89. The minimum absolute atomic E-state index is 0.0487. The van der Waals surface area contributed by atoms with Gasteiger partial charge >= 0.3 is 5.97 Å². The number of benzene rings is 1. The minimum Gasteiger partial charge on any atom is -0.485 e. The van der Waals surface area contributed by atoms with E-state index in [1.165, 1.54) is 24.0 Å². The lowest BCUT2D eigenvalue weighted by atomic mass is 9.50. The van der Waals surface area contributed by atoms with E-state index >= 15 is 0 Å². The maximum Gasteiger partial charge on any atom is 0.335 e. The van der Waals surface area contributed by atoms with E-state index in [2.05, 4.69) is 55.8 Å². The number of alkyl halides is 1. The summed E-state index contributed by atoms with van der Waals surface area (Å²) in [6, 6.07) is 5.24. The van der Waals surface area contributed by atoms with Crippen LogP contribution in [0.15, 0.2) is 41.5 Å². The summed E-state index contributed by atoms with van der Waals surface area (Å²) in [7, 11) is 0.